The second-order valence-electron chi connectivity index (χ2n) is 5.49. The molecule has 130 valence electrons. The molecular formula is C18H15N5O3. The number of aryl methyl sites for hydroxylation is 2. The van der Waals surface area contributed by atoms with Gasteiger partial charge in [0.05, 0.1) is 11.3 Å². The minimum Gasteiger partial charge on any atom is -0.314 e. The van der Waals surface area contributed by atoms with E-state index in [0.717, 1.165) is 16.8 Å². The van der Waals surface area contributed by atoms with Crippen LogP contribution in [0.25, 0.3) is 27.8 Å². The number of hydrogen-bond acceptors (Lipinski definition) is 6. The monoisotopic (exact) mass is 349 g/mol. The first kappa shape index (κ1) is 17.2. The fourth-order valence-electron chi connectivity index (χ4n) is 2.88. The molecule has 0 aliphatic heterocycles. The molecule has 0 N–H and O–H groups in total. The quantitative estimate of drug-likeness (QED) is 0.548. The Morgan fingerprint density at radius 2 is 1.77 bits per heavy atom. The van der Waals surface area contributed by atoms with E-state index in [1.807, 2.05) is 50.2 Å². The summed E-state index contributed by atoms with van der Waals surface area (Å²) >= 11 is 0. The zero-order chi connectivity index (χ0) is 18.7. The summed E-state index contributed by atoms with van der Waals surface area (Å²) in [5.74, 6) is 0. The lowest BCUT2D eigenvalue weighted by molar-refractivity contribution is -0.191. The molecule has 4 rings (SSSR count). The van der Waals surface area contributed by atoms with Crippen LogP contribution in [-0.4, -0.2) is 30.5 Å². The average Bonchev–Trinajstić information content (AvgIpc) is 2.99. The average molecular weight is 349 g/mol. The summed E-state index contributed by atoms with van der Waals surface area (Å²) in [6.07, 6.45) is 2.02. The lowest BCUT2D eigenvalue weighted by atomic mass is 10.1. The maximum atomic E-state index is 12.4. The number of nitrogens with zero attached hydrogens (tertiary/aromatic N) is 5. The third-order valence-electron chi connectivity index (χ3n) is 4.03. The van der Waals surface area contributed by atoms with Crippen LogP contribution >= 0.6 is 0 Å². The van der Waals surface area contributed by atoms with Gasteiger partial charge in [0.1, 0.15) is 5.52 Å². The van der Waals surface area contributed by atoms with Crippen molar-refractivity contribution in [2.45, 2.75) is 20.4 Å². The van der Waals surface area contributed by atoms with Crippen molar-refractivity contribution in [3.05, 3.63) is 58.6 Å². The maximum Gasteiger partial charge on any atom is 0.373 e. The normalized spacial score (nSPS) is 10.4. The Hall–Kier alpha value is -3.64. The van der Waals surface area contributed by atoms with E-state index in [9.17, 15) is 4.79 Å². The van der Waals surface area contributed by atoms with Gasteiger partial charge >= 0.3 is 6.15 Å². The number of benzene rings is 1. The third kappa shape index (κ3) is 2.78. The van der Waals surface area contributed by atoms with E-state index in [4.69, 9.17) is 9.59 Å². The highest BCUT2D eigenvalue weighted by Crippen LogP contribution is 2.27. The fourth-order valence-corrected chi connectivity index (χ4v) is 2.88. The van der Waals surface area contributed by atoms with Crippen molar-refractivity contribution in [1.29, 1.82) is 0 Å². The van der Waals surface area contributed by atoms with Gasteiger partial charge in [-0.05, 0) is 25.5 Å². The first-order chi connectivity index (χ1) is 12.6. The highest BCUT2D eigenvalue weighted by atomic mass is 16.2. The van der Waals surface area contributed by atoms with Crippen LogP contribution in [0.3, 0.4) is 0 Å². The van der Waals surface area contributed by atoms with Crippen molar-refractivity contribution < 1.29 is 9.59 Å². The summed E-state index contributed by atoms with van der Waals surface area (Å²) < 4.78 is 3.32. The molecular weight excluding hydrogens is 334 g/mol. The van der Waals surface area contributed by atoms with Crippen molar-refractivity contribution >= 4 is 22.8 Å². The van der Waals surface area contributed by atoms with E-state index < -0.39 is 0 Å². The predicted molar refractivity (Wildman–Crippen MR) is 93.4 cm³/mol. The second kappa shape index (κ2) is 7.08. The van der Waals surface area contributed by atoms with Crippen LogP contribution in [0.4, 0.5) is 0 Å². The smallest absolute Gasteiger partial charge is 0.314 e. The Kier molecular flexibility index (Phi) is 4.68. The molecule has 0 fully saturated rings. The Bertz CT molecular complexity index is 1170. The largest absolute Gasteiger partial charge is 0.373 e. The van der Waals surface area contributed by atoms with Gasteiger partial charge in [-0.3, -0.25) is 4.79 Å². The van der Waals surface area contributed by atoms with Crippen LogP contribution in [0.5, 0.6) is 0 Å². The number of hydrogen-bond donors (Lipinski definition) is 0. The van der Waals surface area contributed by atoms with Crippen LogP contribution in [0.15, 0.2) is 47.4 Å². The van der Waals surface area contributed by atoms with E-state index in [1.165, 1.54) is 0 Å². The van der Waals surface area contributed by atoms with E-state index in [0.29, 0.717) is 23.2 Å². The first-order valence-corrected chi connectivity index (χ1v) is 7.92. The maximum absolute atomic E-state index is 12.4. The van der Waals surface area contributed by atoms with Gasteiger partial charge < -0.3 is 4.57 Å². The number of aromatic nitrogens is 5. The molecule has 8 nitrogen and oxygen atoms in total. The molecule has 26 heavy (non-hydrogen) atoms. The minimum absolute atomic E-state index is 0.145. The van der Waals surface area contributed by atoms with Gasteiger partial charge in [0.2, 0.25) is 0 Å². The molecule has 4 aromatic rings. The first-order valence-electron chi connectivity index (χ1n) is 7.92. The summed E-state index contributed by atoms with van der Waals surface area (Å²) in [6, 6.07) is 11.8. The zero-order valence-electron chi connectivity index (χ0n) is 14.2. The SMILES string of the molecule is CCn1ccc2c(nnc3c(-c4ccccc4)c(C)nn32)c1=O.O=C=O. The van der Waals surface area contributed by atoms with Gasteiger partial charge in [0.15, 0.2) is 11.2 Å². The van der Waals surface area contributed by atoms with E-state index in [1.54, 1.807) is 15.3 Å². The van der Waals surface area contributed by atoms with Crippen LogP contribution < -0.4 is 5.56 Å². The molecule has 0 aliphatic carbocycles. The molecule has 0 bridgehead atoms. The fraction of sp³-hybridized carbons (Fsp3) is 0.167. The number of rotatable bonds is 2. The highest BCUT2D eigenvalue weighted by molar-refractivity contribution is 5.84. The molecule has 0 saturated heterocycles. The summed E-state index contributed by atoms with van der Waals surface area (Å²) in [7, 11) is 0. The number of pyridine rings is 1. The van der Waals surface area contributed by atoms with Gasteiger partial charge in [0.25, 0.3) is 5.56 Å². The van der Waals surface area contributed by atoms with Crippen LogP contribution in [0, 0.1) is 6.92 Å². The van der Waals surface area contributed by atoms with Crippen molar-refractivity contribution in [3.63, 3.8) is 0 Å². The Morgan fingerprint density at radius 1 is 1.08 bits per heavy atom. The van der Waals surface area contributed by atoms with E-state index in [2.05, 4.69) is 15.3 Å². The van der Waals surface area contributed by atoms with Gasteiger partial charge in [0, 0.05) is 12.7 Å². The molecule has 1 aromatic carbocycles. The molecule has 0 amide bonds. The molecule has 3 heterocycles. The van der Waals surface area contributed by atoms with Gasteiger partial charge in [-0.2, -0.15) is 14.7 Å². The van der Waals surface area contributed by atoms with Crippen molar-refractivity contribution in [2.75, 3.05) is 0 Å². The molecule has 3 aromatic heterocycles. The topological polar surface area (TPSA) is 99.2 Å². The molecule has 0 radical (unpaired) electrons. The van der Waals surface area contributed by atoms with E-state index >= 15 is 0 Å². The molecule has 0 aliphatic rings. The summed E-state index contributed by atoms with van der Waals surface area (Å²) in [5.41, 5.74) is 4.37. The van der Waals surface area contributed by atoms with Crippen molar-refractivity contribution in [3.8, 4) is 11.1 Å². The standard InChI is InChI=1S/C17H15N5O.CO2/c1-3-21-10-9-13-15(17(21)23)18-19-16-14(11(2)20-22(13)16)12-7-5-4-6-8-12;2-1-3/h4-10H,3H2,1-2H3;. The minimum atomic E-state index is -0.145. The summed E-state index contributed by atoms with van der Waals surface area (Å²) in [5, 5.41) is 13.0. The van der Waals surface area contributed by atoms with Crippen LogP contribution in [-0.2, 0) is 16.1 Å². The lowest BCUT2D eigenvalue weighted by Gasteiger charge is -2.04. The zero-order valence-corrected chi connectivity index (χ0v) is 14.2. The predicted octanol–water partition coefficient (Wildman–Crippen LogP) is 1.85. The molecule has 0 spiro atoms. The Balaban J connectivity index is 0.000000613. The van der Waals surface area contributed by atoms with Crippen molar-refractivity contribution in [1.82, 2.24) is 24.4 Å². The van der Waals surface area contributed by atoms with Gasteiger partial charge in [-0.15, -0.1) is 10.2 Å². The summed E-state index contributed by atoms with van der Waals surface area (Å²) in [4.78, 5) is 28.6. The van der Waals surface area contributed by atoms with Gasteiger partial charge in [-0.1, -0.05) is 30.3 Å². The van der Waals surface area contributed by atoms with Crippen LogP contribution in [0.1, 0.15) is 12.6 Å². The third-order valence-corrected chi connectivity index (χ3v) is 4.03. The van der Waals surface area contributed by atoms with Gasteiger partial charge in [-0.25, -0.2) is 4.52 Å². The molecule has 8 heteroatoms. The Morgan fingerprint density at radius 3 is 2.42 bits per heavy atom. The number of fused-ring (bicyclic) bond motifs is 3. The molecule has 0 saturated carbocycles. The van der Waals surface area contributed by atoms with Crippen molar-refractivity contribution in [2.24, 2.45) is 0 Å². The van der Waals surface area contributed by atoms with Crippen LogP contribution in [0.2, 0.25) is 0 Å². The Labute approximate surface area is 147 Å². The van der Waals surface area contributed by atoms with E-state index in [-0.39, 0.29) is 11.7 Å². The number of carbonyl (C=O) groups excluding carboxylic acids is 2. The lowest BCUT2D eigenvalue weighted by Crippen LogP contribution is -2.20. The highest BCUT2D eigenvalue weighted by Gasteiger charge is 2.16. The summed E-state index contributed by atoms with van der Waals surface area (Å²) in [6.45, 7) is 4.46. The molecule has 0 unspecified atom stereocenters. The second-order valence-corrected chi connectivity index (χ2v) is 5.49. The molecule has 0 atom stereocenters.